The van der Waals surface area contributed by atoms with Crippen molar-refractivity contribution in [1.29, 1.82) is 5.26 Å². The largest absolute Gasteiger partial charge is 0.438 e. The summed E-state index contributed by atoms with van der Waals surface area (Å²) in [6, 6.07) is 14.9. The third-order valence-corrected chi connectivity index (χ3v) is 3.99. The minimum Gasteiger partial charge on any atom is -0.438 e. The second kappa shape index (κ2) is 6.85. The Morgan fingerprint density at radius 3 is 2.54 bits per heavy atom. The maximum atomic E-state index is 12.7. The lowest BCUT2D eigenvalue weighted by atomic mass is 9.87. The molecule has 0 spiro atoms. The van der Waals surface area contributed by atoms with Crippen molar-refractivity contribution in [2.24, 2.45) is 0 Å². The number of hydrogen-bond donors (Lipinski definition) is 0. The lowest BCUT2D eigenvalue weighted by Gasteiger charge is -2.19. The van der Waals surface area contributed by atoms with Gasteiger partial charge in [-0.1, -0.05) is 39.0 Å². The van der Waals surface area contributed by atoms with Crippen LogP contribution in [-0.2, 0) is 5.41 Å². The molecule has 0 radical (unpaired) electrons. The van der Waals surface area contributed by atoms with Crippen LogP contribution in [0.3, 0.4) is 0 Å². The molecule has 0 aliphatic heterocycles. The molecule has 1 aromatic carbocycles. The van der Waals surface area contributed by atoms with E-state index in [1.54, 1.807) is 24.4 Å². The van der Waals surface area contributed by atoms with E-state index in [0.29, 0.717) is 11.4 Å². The summed E-state index contributed by atoms with van der Waals surface area (Å²) in [4.78, 5) is 17.1. The van der Waals surface area contributed by atoms with E-state index in [0.717, 1.165) is 0 Å². The Bertz CT molecular complexity index is 1070. The lowest BCUT2D eigenvalue weighted by molar-refractivity contribution is 0.460. The Balaban J connectivity index is 2.08. The number of nitrogens with zero attached hydrogens (tertiary/aromatic N) is 3. The standard InChI is InChI=1S/C21H19N3O2/c1-21(2,3)15-9-11-16(12-10-15)26-19-17(7-6-13-22)20(25)24-14-5-4-8-18(24)23-19/h4-12,14H,1-3H3/b7-6+. The molecule has 0 saturated heterocycles. The Labute approximate surface area is 151 Å². The molecule has 0 amide bonds. The summed E-state index contributed by atoms with van der Waals surface area (Å²) in [6.45, 7) is 6.42. The summed E-state index contributed by atoms with van der Waals surface area (Å²) in [5.41, 5.74) is 1.65. The van der Waals surface area contributed by atoms with Gasteiger partial charge in [-0.05, 0) is 41.3 Å². The van der Waals surface area contributed by atoms with Gasteiger partial charge in [0, 0.05) is 12.3 Å². The van der Waals surface area contributed by atoms with E-state index in [1.165, 1.54) is 22.1 Å². The van der Waals surface area contributed by atoms with Crippen molar-refractivity contribution in [3.05, 3.63) is 76.2 Å². The zero-order chi connectivity index (χ0) is 18.7. The number of aromatic nitrogens is 2. The van der Waals surface area contributed by atoms with Crippen molar-refractivity contribution < 1.29 is 4.74 Å². The van der Waals surface area contributed by atoms with E-state index in [4.69, 9.17) is 10.00 Å². The highest BCUT2D eigenvalue weighted by Crippen LogP contribution is 2.27. The first-order valence-electron chi connectivity index (χ1n) is 8.26. The maximum absolute atomic E-state index is 12.7. The molecule has 0 saturated carbocycles. The minimum absolute atomic E-state index is 0.0409. The molecule has 0 bridgehead atoms. The second-order valence-corrected chi connectivity index (χ2v) is 6.90. The first kappa shape index (κ1) is 17.4. The summed E-state index contributed by atoms with van der Waals surface area (Å²) in [7, 11) is 0. The number of rotatable bonds is 3. The second-order valence-electron chi connectivity index (χ2n) is 6.90. The van der Waals surface area contributed by atoms with Crippen LogP contribution < -0.4 is 10.3 Å². The molecule has 5 nitrogen and oxygen atoms in total. The average molecular weight is 345 g/mol. The number of hydrogen-bond acceptors (Lipinski definition) is 4. The van der Waals surface area contributed by atoms with Gasteiger partial charge in [-0.2, -0.15) is 10.2 Å². The fourth-order valence-electron chi connectivity index (χ4n) is 2.56. The summed E-state index contributed by atoms with van der Waals surface area (Å²) in [5.74, 6) is 0.757. The number of nitriles is 1. The monoisotopic (exact) mass is 345 g/mol. The number of pyridine rings is 1. The molecule has 2 heterocycles. The Morgan fingerprint density at radius 1 is 1.15 bits per heavy atom. The third-order valence-electron chi connectivity index (χ3n) is 3.99. The molecule has 3 aromatic rings. The van der Waals surface area contributed by atoms with Crippen LogP contribution >= 0.6 is 0 Å². The van der Waals surface area contributed by atoms with Gasteiger partial charge in [0.15, 0.2) is 0 Å². The average Bonchev–Trinajstić information content (AvgIpc) is 2.61. The van der Waals surface area contributed by atoms with Crippen molar-refractivity contribution in [2.45, 2.75) is 26.2 Å². The summed E-state index contributed by atoms with van der Waals surface area (Å²) >= 11 is 0. The van der Waals surface area contributed by atoms with Gasteiger partial charge in [0.1, 0.15) is 17.0 Å². The summed E-state index contributed by atoms with van der Waals surface area (Å²) in [6.07, 6.45) is 4.30. The van der Waals surface area contributed by atoms with Gasteiger partial charge in [-0.15, -0.1) is 0 Å². The predicted octanol–water partition coefficient (Wildman–Crippen LogP) is 4.32. The molecular formula is C21H19N3O2. The fraction of sp³-hybridized carbons (Fsp3) is 0.190. The van der Waals surface area contributed by atoms with Crippen LogP contribution in [0.1, 0.15) is 31.9 Å². The number of allylic oxidation sites excluding steroid dienone is 1. The molecule has 0 fully saturated rings. The topological polar surface area (TPSA) is 67.4 Å². The molecule has 2 aromatic heterocycles. The highest BCUT2D eigenvalue weighted by atomic mass is 16.5. The molecule has 0 aliphatic rings. The van der Waals surface area contributed by atoms with Gasteiger partial charge in [0.25, 0.3) is 5.56 Å². The molecule has 26 heavy (non-hydrogen) atoms. The normalized spacial score (nSPS) is 11.6. The van der Waals surface area contributed by atoms with Crippen LogP contribution in [0.25, 0.3) is 11.7 Å². The molecule has 0 N–H and O–H groups in total. The molecule has 0 atom stereocenters. The van der Waals surface area contributed by atoms with Crippen molar-refractivity contribution in [3.8, 4) is 17.7 Å². The Morgan fingerprint density at radius 2 is 1.88 bits per heavy atom. The van der Waals surface area contributed by atoms with Crippen molar-refractivity contribution in [3.63, 3.8) is 0 Å². The third kappa shape index (κ3) is 3.50. The number of fused-ring (bicyclic) bond motifs is 1. The Hall–Kier alpha value is -3.39. The first-order chi connectivity index (χ1) is 12.4. The van der Waals surface area contributed by atoms with Crippen molar-refractivity contribution >= 4 is 11.7 Å². The smallest absolute Gasteiger partial charge is 0.269 e. The number of benzene rings is 1. The van der Waals surface area contributed by atoms with E-state index in [-0.39, 0.29) is 22.4 Å². The van der Waals surface area contributed by atoms with Gasteiger partial charge in [-0.25, -0.2) is 0 Å². The van der Waals surface area contributed by atoms with Gasteiger partial charge in [-0.3, -0.25) is 9.20 Å². The lowest BCUT2D eigenvalue weighted by Crippen LogP contribution is -2.18. The minimum atomic E-state index is -0.289. The zero-order valence-corrected chi connectivity index (χ0v) is 14.9. The highest BCUT2D eigenvalue weighted by Gasteiger charge is 2.15. The van der Waals surface area contributed by atoms with Crippen LogP contribution in [0.5, 0.6) is 11.6 Å². The van der Waals surface area contributed by atoms with E-state index in [2.05, 4.69) is 25.8 Å². The summed E-state index contributed by atoms with van der Waals surface area (Å²) in [5, 5.41) is 8.81. The van der Waals surface area contributed by atoms with Gasteiger partial charge >= 0.3 is 0 Å². The Kier molecular flexibility index (Phi) is 4.59. The predicted molar refractivity (Wildman–Crippen MR) is 101 cm³/mol. The van der Waals surface area contributed by atoms with E-state index < -0.39 is 0 Å². The SMILES string of the molecule is CC(C)(C)c1ccc(Oc2nc3ccccn3c(=O)c2/C=C/C#N)cc1. The zero-order valence-electron chi connectivity index (χ0n) is 14.9. The van der Waals surface area contributed by atoms with Gasteiger partial charge in [0.05, 0.1) is 6.07 Å². The van der Waals surface area contributed by atoms with Crippen molar-refractivity contribution in [2.75, 3.05) is 0 Å². The quantitative estimate of drug-likeness (QED) is 0.663. The van der Waals surface area contributed by atoms with Crippen LogP contribution in [0.15, 0.2) is 59.5 Å². The fourth-order valence-corrected chi connectivity index (χ4v) is 2.56. The van der Waals surface area contributed by atoms with E-state index >= 15 is 0 Å². The van der Waals surface area contributed by atoms with Crippen LogP contribution in [-0.4, -0.2) is 9.38 Å². The molecular weight excluding hydrogens is 326 g/mol. The van der Waals surface area contributed by atoms with E-state index in [1.807, 2.05) is 30.3 Å². The van der Waals surface area contributed by atoms with Crippen LogP contribution in [0.2, 0.25) is 0 Å². The maximum Gasteiger partial charge on any atom is 0.269 e. The van der Waals surface area contributed by atoms with Crippen molar-refractivity contribution in [1.82, 2.24) is 9.38 Å². The summed E-state index contributed by atoms with van der Waals surface area (Å²) < 4.78 is 7.30. The molecule has 5 heteroatoms. The molecule has 0 unspecified atom stereocenters. The molecule has 130 valence electrons. The van der Waals surface area contributed by atoms with E-state index in [9.17, 15) is 4.79 Å². The highest BCUT2D eigenvalue weighted by molar-refractivity contribution is 5.59. The van der Waals surface area contributed by atoms with Crippen LogP contribution in [0.4, 0.5) is 0 Å². The van der Waals surface area contributed by atoms with Gasteiger partial charge < -0.3 is 4.74 Å². The van der Waals surface area contributed by atoms with Gasteiger partial charge in [0.2, 0.25) is 5.88 Å². The number of ether oxygens (including phenoxy) is 1. The molecule has 0 aliphatic carbocycles. The molecule has 3 rings (SSSR count). The first-order valence-corrected chi connectivity index (χ1v) is 8.26. The van der Waals surface area contributed by atoms with Crippen LogP contribution in [0, 0.1) is 11.3 Å².